The van der Waals surface area contributed by atoms with Gasteiger partial charge < -0.3 is 4.43 Å². The topological polar surface area (TPSA) is 26.3 Å². The summed E-state index contributed by atoms with van der Waals surface area (Å²) in [5, 5.41) is 0.248. The molecular weight excluding hydrogens is 312 g/mol. The van der Waals surface area contributed by atoms with E-state index >= 15 is 0 Å². The van der Waals surface area contributed by atoms with E-state index in [1.54, 1.807) is 0 Å². The molecular formula is C21H38O2Si. The molecule has 1 aliphatic carbocycles. The maximum absolute atomic E-state index is 12.5. The molecule has 0 aliphatic heterocycles. The van der Waals surface area contributed by atoms with Crippen LogP contribution in [-0.4, -0.2) is 20.7 Å². The molecule has 1 rings (SSSR count). The fourth-order valence-electron chi connectivity index (χ4n) is 2.68. The van der Waals surface area contributed by atoms with E-state index in [9.17, 15) is 4.79 Å². The second-order valence-corrected chi connectivity index (χ2v) is 14.2. The highest BCUT2D eigenvalue weighted by atomic mass is 28.4. The summed E-state index contributed by atoms with van der Waals surface area (Å²) >= 11 is 0. The Morgan fingerprint density at radius 2 is 1.96 bits per heavy atom. The largest absolute Gasteiger partial charge is 0.413 e. The molecule has 0 fully saturated rings. The third-order valence-electron chi connectivity index (χ3n) is 5.98. The molecule has 3 heteroatoms. The molecule has 0 heterocycles. The summed E-state index contributed by atoms with van der Waals surface area (Å²) in [6, 6.07) is 0. The first kappa shape index (κ1) is 21.4. The average Bonchev–Trinajstić information content (AvgIpc) is 2.58. The van der Waals surface area contributed by atoms with Crippen LogP contribution < -0.4 is 0 Å². The van der Waals surface area contributed by atoms with Crippen molar-refractivity contribution in [2.24, 2.45) is 5.41 Å². The van der Waals surface area contributed by atoms with E-state index in [0.29, 0.717) is 12.2 Å². The molecule has 0 aromatic heterocycles. The van der Waals surface area contributed by atoms with Crippen LogP contribution in [0.1, 0.15) is 73.6 Å². The summed E-state index contributed by atoms with van der Waals surface area (Å²) in [4.78, 5) is 12.5. The Hall–Kier alpha value is -0.673. The third kappa shape index (κ3) is 6.00. The molecule has 0 aromatic carbocycles. The average molecular weight is 351 g/mol. The van der Waals surface area contributed by atoms with Gasteiger partial charge in [-0.05, 0) is 57.7 Å². The summed E-state index contributed by atoms with van der Waals surface area (Å²) in [7, 11) is -1.68. The van der Waals surface area contributed by atoms with Crippen LogP contribution in [0.2, 0.25) is 18.1 Å². The molecule has 0 saturated carbocycles. The molecule has 0 saturated heterocycles. The predicted octanol–water partition coefficient (Wildman–Crippen LogP) is 6.44. The lowest BCUT2D eigenvalue weighted by Crippen LogP contribution is -2.41. The molecule has 1 aliphatic rings. The van der Waals surface area contributed by atoms with Gasteiger partial charge >= 0.3 is 0 Å². The minimum absolute atomic E-state index is 0.186. The SMILES string of the molecule is CC1=CCC(C)(CC/C=C(\C)CO[Si](C)(C)C(C)(C)C)C(=O)CC1. The van der Waals surface area contributed by atoms with Gasteiger partial charge in [-0.2, -0.15) is 0 Å². The second kappa shape index (κ2) is 8.14. The summed E-state index contributed by atoms with van der Waals surface area (Å²) in [5.74, 6) is 0.430. The van der Waals surface area contributed by atoms with Crippen LogP contribution in [0.5, 0.6) is 0 Å². The van der Waals surface area contributed by atoms with E-state index in [-0.39, 0.29) is 10.5 Å². The van der Waals surface area contributed by atoms with Crippen molar-refractivity contribution >= 4 is 14.1 Å². The van der Waals surface area contributed by atoms with Crippen molar-refractivity contribution < 1.29 is 9.22 Å². The monoisotopic (exact) mass is 350 g/mol. The number of Topliss-reactive ketones (excluding diaryl/α,β-unsaturated/α-hetero) is 1. The van der Waals surface area contributed by atoms with Crippen molar-refractivity contribution in [1.82, 2.24) is 0 Å². The minimum atomic E-state index is -1.68. The van der Waals surface area contributed by atoms with Gasteiger partial charge in [0.05, 0.1) is 6.61 Å². The van der Waals surface area contributed by atoms with Gasteiger partial charge in [-0.1, -0.05) is 51.0 Å². The van der Waals surface area contributed by atoms with Crippen molar-refractivity contribution in [3.8, 4) is 0 Å². The summed E-state index contributed by atoms with van der Waals surface area (Å²) < 4.78 is 6.27. The molecule has 0 aromatic rings. The minimum Gasteiger partial charge on any atom is -0.413 e. The Kier molecular flexibility index (Phi) is 7.25. The number of hydrogen-bond donors (Lipinski definition) is 0. The van der Waals surface area contributed by atoms with E-state index < -0.39 is 8.32 Å². The third-order valence-corrected chi connectivity index (χ3v) is 10.5. The second-order valence-electron chi connectivity index (χ2n) is 9.38. The first-order valence-electron chi connectivity index (χ1n) is 9.36. The Labute approximate surface area is 150 Å². The fraction of sp³-hybridized carbons (Fsp3) is 0.762. The van der Waals surface area contributed by atoms with Gasteiger partial charge in [0.25, 0.3) is 0 Å². The maximum atomic E-state index is 12.5. The number of ketones is 1. The van der Waals surface area contributed by atoms with E-state index in [1.165, 1.54) is 11.1 Å². The highest BCUT2D eigenvalue weighted by Crippen LogP contribution is 2.37. The smallest absolute Gasteiger partial charge is 0.192 e. The number of hydrogen-bond acceptors (Lipinski definition) is 2. The van der Waals surface area contributed by atoms with E-state index in [1.807, 2.05) is 0 Å². The van der Waals surface area contributed by atoms with Gasteiger partial charge in [-0.15, -0.1) is 0 Å². The molecule has 0 N–H and O–H groups in total. The molecule has 1 atom stereocenters. The van der Waals surface area contributed by atoms with Crippen molar-refractivity contribution in [2.75, 3.05) is 6.61 Å². The van der Waals surface area contributed by atoms with Crippen LogP contribution in [0.25, 0.3) is 0 Å². The molecule has 138 valence electrons. The summed E-state index contributed by atoms with van der Waals surface area (Å²) in [6.07, 6.45) is 8.97. The Morgan fingerprint density at radius 3 is 2.54 bits per heavy atom. The zero-order valence-corrected chi connectivity index (χ0v) is 18.2. The van der Waals surface area contributed by atoms with E-state index in [0.717, 1.165) is 32.3 Å². The van der Waals surface area contributed by atoms with Crippen LogP contribution in [-0.2, 0) is 9.22 Å². The van der Waals surface area contributed by atoms with Gasteiger partial charge in [-0.25, -0.2) is 0 Å². The van der Waals surface area contributed by atoms with Gasteiger partial charge in [-0.3, -0.25) is 4.79 Å². The van der Waals surface area contributed by atoms with E-state index in [2.05, 4.69) is 66.8 Å². The molecule has 2 nitrogen and oxygen atoms in total. The first-order chi connectivity index (χ1) is 10.9. The van der Waals surface area contributed by atoms with Crippen molar-refractivity contribution in [3.63, 3.8) is 0 Å². The van der Waals surface area contributed by atoms with Gasteiger partial charge in [0.15, 0.2) is 8.32 Å². The van der Waals surface area contributed by atoms with Crippen LogP contribution in [0.4, 0.5) is 0 Å². The number of carbonyl (C=O) groups excluding carboxylic acids is 1. The first-order valence-corrected chi connectivity index (χ1v) is 12.3. The molecule has 1 unspecified atom stereocenters. The van der Waals surface area contributed by atoms with E-state index in [4.69, 9.17) is 4.43 Å². The van der Waals surface area contributed by atoms with Gasteiger partial charge in [0.1, 0.15) is 5.78 Å². The fourth-order valence-corrected chi connectivity index (χ4v) is 3.70. The lowest BCUT2D eigenvalue weighted by atomic mass is 9.77. The van der Waals surface area contributed by atoms with Gasteiger partial charge in [0.2, 0.25) is 0 Å². The van der Waals surface area contributed by atoms with Gasteiger partial charge in [0, 0.05) is 11.8 Å². The zero-order chi connectivity index (χ0) is 18.6. The molecule has 0 spiro atoms. The molecule has 0 bridgehead atoms. The van der Waals surface area contributed by atoms with Crippen LogP contribution in [0, 0.1) is 5.41 Å². The summed E-state index contributed by atoms with van der Waals surface area (Å²) in [5.41, 5.74) is 2.47. The standard InChI is InChI=1S/C21H38O2Si/c1-17-11-12-19(22)21(6,15-13-17)14-9-10-18(2)16-23-24(7,8)20(3,4)5/h10,13H,9,11-12,14-16H2,1-8H3/b18-10+. The normalized spacial score (nSPS) is 23.9. The quantitative estimate of drug-likeness (QED) is 0.407. The molecule has 24 heavy (non-hydrogen) atoms. The number of rotatable bonds is 6. The lowest BCUT2D eigenvalue weighted by Gasteiger charge is -2.36. The molecule has 0 amide bonds. The Morgan fingerprint density at radius 1 is 1.33 bits per heavy atom. The number of allylic oxidation sites excluding steroid dienone is 3. The van der Waals surface area contributed by atoms with Crippen molar-refractivity contribution in [3.05, 3.63) is 23.3 Å². The zero-order valence-electron chi connectivity index (χ0n) is 17.2. The van der Waals surface area contributed by atoms with Crippen LogP contribution in [0.3, 0.4) is 0 Å². The van der Waals surface area contributed by atoms with Crippen molar-refractivity contribution in [2.45, 2.75) is 91.8 Å². The maximum Gasteiger partial charge on any atom is 0.192 e. The summed E-state index contributed by atoms with van der Waals surface area (Å²) in [6.45, 7) is 18.5. The number of carbonyl (C=O) groups is 1. The van der Waals surface area contributed by atoms with Crippen LogP contribution in [0.15, 0.2) is 23.3 Å². The molecule has 0 radical (unpaired) electrons. The lowest BCUT2D eigenvalue weighted by molar-refractivity contribution is -0.127. The highest BCUT2D eigenvalue weighted by Gasteiger charge is 2.37. The Bertz CT molecular complexity index is 508. The predicted molar refractivity (Wildman–Crippen MR) is 107 cm³/mol. The Balaban J connectivity index is 2.55. The van der Waals surface area contributed by atoms with Crippen LogP contribution >= 0.6 is 0 Å². The highest BCUT2D eigenvalue weighted by molar-refractivity contribution is 6.74. The van der Waals surface area contributed by atoms with Crippen molar-refractivity contribution in [1.29, 1.82) is 0 Å².